The number of piperidine rings is 1. The fourth-order valence-electron chi connectivity index (χ4n) is 2.82. The van der Waals surface area contributed by atoms with Gasteiger partial charge in [-0.3, -0.25) is 9.59 Å². The number of nitrogens with one attached hydrogen (secondary N) is 2. The molecule has 1 heterocycles. The van der Waals surface area contributed by atoms with E-state index < -0.39 is 0 Å². The molecule has 1 aliphatic heterocycles. The summed E-state index contributed by atoms with van der Waals surface area (Å²) in [6.07, 6.45) is 2.94. The van der Waals surface area contributed by atoms with Crippen LogP contribution in [0.5, 0.6) is 0 Å². The van der Waals surface area contributed by atoms with Gasteiger partial charge in [0.15, 0.2) is 5.78 Å². The topological polar surface area (TPSA) is 58.2 Å². The molecule has 0 radical (unpaired) electrons. The van der Waals surface area contributed by atoms with Gasteiger partial charge in [-0.05, 0) is 69.0 Å². The maximum absolute atomic E-state index is 12.1. The first-order valence-corrected chi connectivity index (χ1v) is 7.68. The van der Waals surface area contributed by atoms with Crippen molar-refractivity contribution in [3.63, 3.8) is 0 Å². The second-order valence-electron chi connectivity index (χ2n) is 5.97. The molecule has 1 fully saturated rings. The Labute approximate surface area is 126 Å². The Kier molecular flexibility index (Phi) is 5.51. The zero-order valence-corrected chi connectivity index (χ0v) is 12.8. The molecule has 4 heteroatoms. The lowest BCUT2D eigenvalue weighted by molar-refractivity contribution is -0.117. The first-order valence-electron chi connectivity index (χ1n) is 7.68. The molecule has 1 aromatic rings. The van der Waals surface area contributed by atoms with Crippen LogP contribution in [0, 0.1) is 11.8 Å². The van der Waals surface area contributed by atoms with Gasteiger partial charge in [-0.25, -0.2) is 0 Å². The second kappa shape index (κ2) is 7.36. The van der Waals surface area contributed by atoms with Gasteiger partial charge in [0.05, 0.1) is 0 Å². The zero-order chi connectivity index (χ0) is 15.2. The summed E-state index contributed by atoms with van der Waals surface area (Å²) in [4.78, 5) is 23.3. The summed E-state index contributed by atoms with van der Waals surface area (Å²) >= 11 is 0. The van der Waals surface area contributed by atoms with Gasteiger partial charge >= 0.3 is 0 Å². The Morgan fingerprint density at radius 2 is 2.05 bits per heavy atom. The molecule has 4 nitrogen and oxygen atoms in total. The number of carbonyl (C=O) groups is 2. The SMILES string of the molecule is CC(=O)c1ccc(NC(=O)CC(C)C2CCCNC2)cc1. The zero-order valence-electron chi connectivity index (χ0n) is 12.8. The number of benzene rings is 1. The molecule has 1 aromatic carbocycles. The Bertz CT molecular complexity index is 490. The maximum Gasteiger partial charge on any atom is 0.224 e. The van der Waals surface area contributed by atoms with E-state index in [1.54, 1.807) is 24.3 Å². The van der Waals surface area contributed by atoms with Crippen molar-refractivity contribution in [3.8, 4) is 0 Å². The van der Waals surface area contributed by atoms with E-state index in [9.17, 15) is 9.59 Å². The van der Waals surface area contributed by atoms with Crippen molar-refractivity contribution in [2.45, 2.75) is 33.1 Å². The number of hydrogen-bond acceptors (Lipinski definition) is 3. The largest absolute Gasteiger partial charge is 0.326 e. The van der Waals surface area contributed by atoms with Crippen LogP contribution in [0.15, 0.2) is 24.3 Å². The van der Waals surface area contributed by atoms with Gasteiger partial charge in [0.2, 0.25) is 5.91 Å². The van der Waals surface area contributed by atoms with Crippen molar-refractivity contribution in [2.24, 2.45) is 11.8 Å². The summed E-state index contributed by atoms with van der Waals surface area (Å²) in [5, 5.41) is 6.30. The van der Waals surface area contributed by atoms with Crippen LogP contribution < -0.4 is 10.6 Å². The predicted octanol–water partition coefficient (Wildman–Crippen LogP) is 2.85. The molecule has 1 saturated heterocycles. The molecule has 2 N–H and O–H groups in total. The third-order valence-electron chi connectivity index (χ3n) is 4.22. The minimum atomic E-state index is 0.0336. The van der Waals surface area contributed by atoms with Crippen LogP contribution in [0.25, 0.3) is 0 Å². The minimum Gasteiger partial charge on any atom is -0.326 e. The van der Waals surface area contributed by atoms with Crippen molar-refractivity contribution < 1.29 is 9.59 Å². The molecule has 2 atom stereocenters. The highest BCUT2D eigenvalue weighted by atomic mass is 16.1. The van der Waals surface area contributed by atoms with Crippen molar-refractivity contribution in [3.05, 3.63) is 29.8 Å². The quantitative estimate of drug-likeness (QED) is 0.819. The van der Waals surface area contributed by atoms with E-state index in [-0.39, 0.29) is 11.7 Å². The van der Waals surface area contributed by atoms with Crippen molar-refractivity contribution in [1.29, 1.82) is 0 Å². The Morgan fingerprint density at radius 1 is 1.33 bits per heavy atom. The van der Waals surface area contributed by atoms with E-state index in [0.717, 1.165) is 18.8 Å². The van der Waals surface area contributed by atoms with Crippen LogP contribution in [-0.2, 0) is 4.79 Å². The van der Waals surface area contributed by atoms with Crippen molar-refractivity contribution in [2.75, 3.05) is 18.4 Å². The molecule has 2 unspecified atom stereocenters. The van der Waals surface area contributed by atoms with Crippen molar-refractivity contribution >= 4 is 17.4 Å². The molecule has 0 spiro atoms. The third-order valence-corrected chi connectivity index (χ3v) is 4.22. The summed E-state index contributed by atoms with van der Waals surface area (Å²) in [6.45, 7) is 5.79. The summed E-state index contributed by atoms with van der Waals surface area (Å²) in [7, 11) is 0. The standard InChI is InChI=1S/C17H24N2O2/c1-12(15-4-3-9-18-11-15)10-17(21)19-16-7-5-14(6-8-16)13(2)20/h5-8,12,15,18H,3-4,9-11H2,1-2H3,(H,19,21). The Morgan fingerprint density at radius 3 is 2.62 bits per heavy atom. The van der Waals surface area contributed by atoms with Gasteiger partial charge in [-0.1, -0.05) is 6.92 Å². The summed E-state index contributed by atoms with van der Waals surface area (Å²) in [6, 6.07) is 7.04. The number of anilines is 1. The number of rotatable bonds is 5. The highest BCUT2D eigenvalue weighted by Crippen LogP contribution is 2.23. The van der Waals surface area contributed by atoms with E-state index in [4.69, 9.17) is 0 Å². The van der Waals surface area contributed by atoms with Gasteiger partial charge in [-0.15, -0.1) is 0 Å². The van der Waals surface area contributed by atoms with Crippen LogP contribution in [0.1, 0.15) is 43.5 Å². The molecule has 0 aromatic heterocycles. The van der Waals surface area contributed by atoms with Crippen LogP contribution in [-0.4, -0.2) is 24.8 Å². The average Bonchev–Trinajstić information content (AvgIpc) is 2.48. The number of ketones is 1. The van der Waals surface area contributed by atoms with Gasteiger partial charge in [0, 0.05) is 17.7 Å². The van der Waals surface area contributed by atoms with Gasteiger partial charge < -0.3 is 10.6 Å². The number of hydrogen-bond donors (Lipinski definition) is 2. The van der Waals surface area contributed by atoms with Gasteiger partial charge in [0.1, 0.15) is 0 Å². The molecule has 0 bridgehead atoms. The minimum absolute atomic E-state index is 0.0336. The molecule has 0 saturated carbocycles. The predicted molar refractivity (Wildman–Crippen MR) is 84.5 cm³/mol. The summed E-state index contributed by atoms with van der Waals surface area (Å²) in [5.41, 5.74) is 1.41. The molecule has 1 amide bonds. The molecule has 21 heavy (non-hydrogen) atoms. The Hall–Kier alpha value is -1.68. The van der Waals surface area contributed by atoms with Crippen molar-refractivity contribution in [1.82, 2.24) is 5.32 Å². The average molecular weight is 288 g/mol. The fourth-order valence-corrected chi connectivity index (χ4v) is 2.82. The molecular weight excluding hydrogens is 264 g/mol. The first kappa shape index (κ1) is 15.7. The van der Waals surface area contributed by atoms with E-state index >= 15 is 0 Å². The van der Waals surface area contributed by atoms with Crippen LogP contribution >= 0.6 is 0 Å². The van der Waals surface area contributed by atoms with Crippen LogP contribution in [0.3, 0.4) is 0 Å². The second-order valence-corrected chi connectivity index (χ2v) is 5.97. The molecule has 1 aliphatic rings. The maximum atomic E-state index is 12.1. The third kappa shape index (κ3) is 4.67. The smallest absolute Gasteiger partial charge is 0.224 e. The van der Waals surface area contributed by atoms with E-state index in [0.29, 0.717) is 23.8 Å². The molecule has 2 rings (SSSR count). The lowest BCUT2D eigenvalue weighted by atomic mass is 9.85. The lowest BCUT2D eigenvalue weighted by Crippen LogP contribution is -2.34. The highest BCUT2D eigenvalue weighted by Gasteiger charge is 2.21. The van der Waals surface area contributed by atoms with E-state index in [1.807, 2.05) is 0 Å². The summed E-state index contributed by atoms with van der Waals surface area (Å²) < 4.78 is 0. The number of Topliss-reactive ketones (excluding diaryl/α,β-unsaturated/α-hetero) is 1. The first-order chi connectivity index (χ1) is 10.1. The van der Waals surface area contributed by atoms with E-state index in [1.165, 1.54) is 19.8 Å². The normalized spacial score (nSPS) is 19.8. The van der Waals surface area contributed by atoms with Gasteiger partial charge in [0.25, 0.3) is 0 Å². The summed E-state index contributed by atoms with van der Waals surface area (Å²) in [5.74, 6) is 1.05. The number of amides is 1. The monoisotopic (exact) mass is 288 g/mol. The molecular formula is C17H24N2O2. The molecule has 114 valence electrons. The van der Waals surface area contributed by atoms with E-state index in [2.05, 4.69) is 17.6 Å². The van der Waals surface area contributed by atoms with Gasteiger partial charge in [-0.2, -0.15) is 0 Å². The molecule has 0 aliphatic carbocycles. The van der Waals surface area contributed by atoms with Crippen LogP contribution in [0.2, 0.25) is 0 Å². The highest BCUT2D eigenvalue weighted by molar-refractivity contribution is 5.95. The van der Waals surface area contributed by atoms with Crippen LogP contribution in [0.4, 0.5) is 5.69 Å². The number of carbonyl (C=O) groups excluding carboxylic acids is 2. The Balaban J connectivity index is 1.84. The fraction of sp³-hybridized carbons (Fsp3) is 0.529. The lowest BCUT2D eigenvalue weighted by Gasteiger charge is -2.28.